The lowest BCUT2D eigenvalue weighted by Gasteiger charge is -2.39. The van der Waals surface area contributed by atoms with E-state index in [1.165, 1.54) is 11.1 Å². The lowest BCUT2D eigenvalue weighted by atomic mass is 9.89. The smallest absolute Gasteiger partial charge is 0.407 e. The summed E-state index contributed by atoms with van der Waals surface area (Å²) in [7, 11) is 0. The van der Waals surface area contributed by atoms with Gasteiger partial charge in [-0.2, -0.15) is 0 Å². The van der Waals surface area contributed by atoms with Crippen LogP contribution in [0, 0.1) is 11.8 Å². The molecule has 5 rings (SSSR count). The van der Waals surface area contributed by atoms with Crippen molar-refractivity contribution in [2.24, 2.45) is 11.8 Å². The fraction of sp³-hybridized carbons (Fsp3) is 0.464. The van der Waals surface area contributed by atoms with Gasteiger partial charge in [0.25, 0.3) is 0 Å². The quantitative estimate of drug-likeness (QED) is 0.617. The monoisotopic (exact) mass is 476 g/mol. The number of carboxylic acid groups (broad SMARTS) is 1. The molecule has 3 aliphatic rings. The third-order valence-electron chi connectivity index (χ3n) is 8.02. The summed E-state index contributed by atoms with van der Waals surface area (Å²) in [5.74, 6) is -1.47. The molecule has 0 radical (unpaired) electrons. The molecule has 2 aromatic carbocycles. The molecule has 0 spiro atoms. The fourth-order valence-electron chi connectivity index (χ4n) is 6.21. The van der Waals surface area contributed by atoms with E-state index in [1.807, 2.05) is 36.1 Å². The Balaban J connectivity index is 1.17. The van der Waals surface area contributed by atoms with E-state index in [2.05, 4.69) is 29.6 Å². The largest absolute Gasteiger partial charge is 0.481 e. The van der Waals surface area contributed by atoms with Crippen LogP contribution in [0.2, 0.25) is 0 Å². The van der Waals surface area contributed by atoms with Crippen molar-refractivity contribution < 1.29 is 24.2 Å². The molecule has 2 N–H and O–H groups in total. The van der Waals surface area contributed by atoms with Gasteiger partial charge < -0.3 is 20.1 Å². The minimum Gasteiger partial charge on any atom is -0.481 e. The Morgan fingerprint density at radius 2 is 1.57 bits per heavy atom. The maximum Gasteiger partial charge on any atom is 0.407 e. The second-order valence-electron chi connectivity index (χ2n) is 9.95. The highest BCUT2D eigenvalue weighted by Gasteiger charge is 2.46. The molecule has 2 aliphatic heterocycles. The first-order valence-corrected chi connectivity index (χ1v) is 12.6. The van der Waals surface area contributed by atoms with E-state index in [-0.39, 0.29) is 48.9 Å². The van der Waals surface area contributed by atoms with E-state index >= 15 is 0 Å². The van der Waals surface area contributed by atoms with Crippen LogP contribution in [0.4, 0.5) is 4.79 Å². The zero-order valence-electron chi connectivity index (χ0n) is 20.0. The van der Waals surface area contributed by atoms with Crippen LogP contribution in [0.1, 0.15) is 56.1 Å². The highest BCUT2D eigenvalue weighted by Crippen LogP contribution is 2.44. The second-order valence-corrected chi connectivity index (χ2v) is 9.95. The second kappa shape index (κ2) is 9.72. The van der Waals surface area contributed by atoms with E-state index in [9.17, 15) is 19.5 Å². The summed E-state index contributed by atoms with van der Waals surface area (Å²) in [6.07, 6.45) is 2.83. The van der Waals surface area contributed by atoms with Gasteiger partial charge in [0.2, 0.25) is 5.91 Å². The van der Waals surface area contributed by atoms with Crippen molar-refractivity contribution in [2.75, 3.05) is 13.2 Å². The number of carbonyl (C=O) groups excluding carboxylic acids is 2. The lowest BCUT2D eigenvalue weighted by molar-refractivity contribution is -0.150. The summed E-state index contributed by atoms with van der Waals surface area (Å²) in [6.45, 7) is 2.38. The number of aliphatic carboxylic acids is 1. The van der Waals surface area contributed by atoms with Crippen LogP contribution in [-0.2, 0) is 14.3 Å². The Morgan fingerprint density at radius 1 is 1.00 bits per heavy atom. The number of carboxylic acids is 1. The van der Waals surface area contributed by atoms with E-state index in [0.717, 1.165) is 24.0 Å². The SMILES string of the molecule is CCC(CNC(=O)OCC1c2ccccc2-c2ccccc21)C(=O)N1C2CCC1CC(C(=O)O)C2. The van der Waals surface area contributed by atoms with Crippen LogP contribution < -0.4 is 5.32 Å². The molecule has 7 nitrogen and oxygen atoms in total. The summed E-state index contributed by atoms with van der Waals surface area (Å²) in [5.41, 5.74) is 4.66. The first kappa shape index (κ1) is 23.4. The summed E-state index contributed by atoms with van der Waals surface area (Å²) >= 11 is 0. The normalized spacial score (nSPS) is 23.3. The van der Waals surface area contributed by atoms with Gasteiger partial charge in [-0.15, -0.1) is 0 Å². The van der Waals surface area contributed by atoms with Crippen LogP contribution in [0.15, 0.2) is 48.5 Å². The lowest BCUT2D eigenvalue weighted by Crippen LogP contribution is -2.51. The number of carbonyl (C=O) groups is 3. The van der Waals surface area contributed by atoms with Crippen molar-refractivity contribution in [1.29, 1.82) is 0 Å². The number of hydrogen-bond acceptors (Lipinski definition) is 4. The van der Waals surface area contributed by atoms with Crippen LogP contribution >= 0.6 is 0 Å². The Morgan fingerprint density at radius 3 is 2.11 bits per heavy atom. The van der Waals surface area contributed by atoms with E-state index < -0.39 is 12.1 Å². The molecule has 2 aromatic rings. The van der Waals surface area contributed by atoms with E-state index in [1.54, 1.807) is 0 Å². The van der Waals surface area contributed by atoms with Gasteiger partial charge in [-0.1, -0.05) is 55.5 Å². The molecule has 2 saturated heterocycles. The Kier molecular flexibility index (Phi) is 6.50. The molecular weight excluding hydrogens is 444 g/mol. The Bertz CT molecular complexity index is 1070. The minimum atomic E-state index is -0.766. The third-order valence-corrected chi connectivity index (χ3v) is 8.02. The molecule has 2 heterocycles. The number of piperidine rings is 1. The van der Waals surface area contributed by atoms with Gasteiger partial charge in [-0.3, -0.25) is 9.59 Å². The molecule has 0 saturated carbocycles. The van der Waals surface area contributed by atoms with Crippen molar-refractivity contribution in [3.8, 4) is 11.1 Å². The fourth-order valence-corrected chi connectivity index (χ4v) is 6.21. The van der Waals surface area contributed by atoms with Crippen molar-refractivity contribution in [3.63, 3.8) is 0 Å². The van der Waals surface area contributed by atoms with Gasteiger partial charge >= 0.3 is 12.1 Å². The van der Waals surface area contributed by atoms with Crippen LogP contribution in [0.5, 0.6) is 0 Å². The van der Waals surface area contributed by atoms with Crippen molar-refractivity contribution >= 4 is 18.0 Å². The number of nitrogens with zero attached hydrogens (tertiary/aromatic N) is 1. The van der Waals surface area contributed by atoms with Crippen molar-refractivity contribution in [3.05, 3.63) is 59.7 Å². The van der Waals surface area contributed by atoms with Gasteiger partial charge in [-0.25, -0.2) is 4.79 Å². The number of fused-ring (bicyclic) bond motifs is 5. The molecule has 0 aromatic heterocycles. The molecule has 35 heavy (non-hydrogen) atoms. The minimum absolute atomic E-state index is 0.00847. The van der Waals surface area contributed by atoms with Crippen LogP contribution in [0.3, 0.4) is 0 Å². The Hall–Kier alpha value is -3.35. The summed E-state index contributed by atoms with van der Waals surface area (Å²) in [5, 5.41) is 12.2. The predicted octanol–water partition coefficient (Wildman–Crippen LogP) is 4.41. The molecule has 2 amide bonds. The Labute approximate surface area is 205 Å². The standard InChI is InChI=1S/C28H32N2O5/c1-2-17(26(31)30-19-11-12-20(30)14-18(13-19)27(32)33)15-29-28(34)35-16-25-23-9-5-3-7-21(23)22-8-4-6-10-24(22)25/h3-10,17-20,25H,2,11-16H2,1H3,(H,29,34)(H,32,33). The summed E-state index contributed by atoms with van der Waals surface area (Å²) in [4.78, 5) is 39.2. The highest BCUT2D eigenvalue weighted by atomic mass is 16.5. The van der Waals surface area contributed by atoms with Gasteiger partial charge in [0.15, 0.2) is 0 Å². The first-order valence-electron chi connectivity index (χ1n) is 12.6. The van der Waals surface area contributed by atoms with Crippen molar-refractivity contribution in [2.45, 2.75) is 57.0 Å². The first-order chi connectivity index (χ1) is 17.0. The molecule has 1 aliphatic carbocycles. The maximum atomic E-state index is 13.3. The molecule has 184 valence electrons. The van der Waals surface area contributed by atoms with Gasteiger partial charge in [0.1, 0.15) is 6.61 Å². The van der Waals surface area contributed by atoms with Gasteiger partial charge in [0.05, 0.1) is 11.8 Å². The maximum absolute atomic E-state index is 13.3. The van der Waals surface area contributed by atoms with Crippen molar-refractivity contribution in [1.82, 2.24) is 10.2 Å². The molecule has 3 atom stereocenters. The number of nitrogens with one attached hydrogen (secondary N) is 1. The third kappa shape index (κ3) is 4.40. The number of hydrogen-bond donors (Lipinski definition) is 2. The average Bonchev–Trinajstić information content (AvgIpc) is 3.33. The van der Waals surface area contributed by atoms with Crippen LogP contribution in [-0.4, -0.2) is 53.2 Å². The number of benzene rings is 2. The van der Waals surface area contributed by atoms with E-state index in [4.69, 9.17) is 4.74 Å². The number of ether oxygens (including phenoxy) is 1. The topological polar surface area (TPSA) is 95.9 Å². The molecule has 2 fully saturated rings. The summed E-state index contributed by atoms with van der Waals surface area (Å²) < 4.78 is 5.61. The number of amides is 2. The van der Waals surface area contributed by atoms with Crippen LogP contribution in [0.25, 0.3) is 11.1 Å². The molecule has 7 heteroatoms. The molecular formula is C28H32N2O5. The predicted molar refractivity (Wildman–Crippen MR) is 131 cm³/mol. The molecule has 2 bridgehead atoms. The summed E-state index contributed by atoms with van der Waals surface area (Å²) in [6, 6.07) is 16.4. The van der Waals surface area contributed by atoms with E-state index in [0.29, 0.717) is 19.3 Å². The zero-order chi connectivity index (χ0) is 24.5. The van der Waals surface area contributed by atoms with Gasteiger partial charge in [-0.05, 0) is 54.4 Å². The van der Waals surface area contributed by atoms with Gasteiger partial charge in [0, 0.05) is 24.5 Å². The number of rotatable bonds is 7. The zero-order valence-corrected chi connectivity index (χ0v) is 20.0. The highest BCUT2D eigenvalue weighted by molar-refractivity contribution is 5.82. The average molecular weight is 477 g/mol. The number of alkyl carbamates (subject to hydrolysis) is 1. The molecule has 3 unspecified atom stereocenters.